The molecule has 1 aromatic carbocycles. The number of carbonyl (C=O) groups excluding carboxylic acids is 1. The average molecular weight is 350 g/mol. The van der Waals surface area contributed by atoms with Crippen LogP contribution in [0.3, 0.4) is 0 Å². The quantitative estimate of drug-likeness (QED) is 0.726. The van der Waals surface area contributed by atoms with Crippen LogP contribution in [0.4, 0.5) is 5.69 Å². The van der Waals surface area contributed by atoms with Crippen LogP contribution < -0.4 is 15.8 Å². The van der Waals surface area contributed by atoms with Gasteiger partial charge < -0.3 is 11.1 Å². The molecule has 0 heterocycles. The summed E-state index contributed by atoms with van der Waals surface area (Å²) in [6.07, 6.45) is 0.793. The van der Waals surface area contributed by atoms with E-state index >= 15 is 0 Å². The van der Waals surface area contributed by atoms with Gasteiger partial charge in [0.05, 0.1) is 10.9 Å². The molecule has 0 spiro atoms. The van der Waals surface area contributed by atoms with Gasteiger partial charge in [-0.05, 0) is 37.6 Å². The monoisotopic (exact) mass is 349 g/mol. The number of amides is 1. The van der Waals surface area contributed by atoms with Gasteiger partial charge >= 0.3 is 0 Å². The van der Waals surface area contributed by atoms with Crippen molar-refractivity contribution in [2.24, 2.45) is 11.7 Å². The summed E-state index contributed by atoms with van der Waals surface area (Å²) in [4.78, 5) is 12.2. The maximum atomic E-state index is 12.1. The highest BCUT2D eigenvalue weighted by atomic mass is 35.5. The summed E-state index contributed by atoms with van der Waals surface area (Å²) < 4.78 is 26.1. The van der Waals surface area contributed by atoms with Gasteiger partial charge in [-0.15, -0.1) is 12.4 Å². The fraction of sp³-hybridized carbons (Fsp3) is 0.500. The fourth-order valence-electron chi connectivity index (χ4n) is 1.88. The van der Waals surface area contributed by atoms with Gasteiger partial charge in [0.1, 0.15) is 0 Å². The minimum Gasteiger partial charge on any atom is -0.324 e. The lowest BCUT2D eigenvalue weighted by Crippen LogP contribution is -2.40. The Morgan fingerprint density at radius 3 is 2.45 bits per heavy atom. The Morgan fingerprint density at radius 1 is 1.36 bits per heavy atom. The van der Waals surface area contributed by atoms with E-state index < -0.39 is 16.1 Å². The van der Waals surface area contributed by atoms with Crippen molar-refractivity contribution in [1.82, 2.24) is 4.72 Å². The van der Waals surface area contributed by atoms with E-state index in [0.717, 1.165) is 6.42 Å². The molecule has 8 heteroatoms. The van der Waals surface area contributed by atoms with Crippen LogP contribution in [0.15, 0.2) is 23.1 Å². The van der Waals surface area contributed by atoms with Crippen LogP contribution in [0.2, 0.25) is 0 Å². The molecule has 2 unspecified atom stereocenters. The van der Waals surface area contributed by atoms with Gasteiger partial charge in [-0.25, -0.2) is 13.1 Å². The molecule has 1 amide bonds. The van der Waals surface area contributed by atoms with Gasteiger partial charge in [-0.1, -0.05) is 26.3 Å². The first-order valence-corrected chi connectivity index (χ1v) is 8.32. The van der Waals surface area contributed by atoms with E-state index in [1.165, 1.54) is 13.1 Å². The Kier molecular flexibility index (Phi) is 8.03. The molecule has 0 saturated heterocycles. The lowest BCUT2D eigenvalue weighted by atomic mass is 9.99. The van der Waals surface area contributed by atoms with Crippen molar-refractivity contribution in [2.75, 3.05) is 12.4 Å². The number of carbonyl (C=O) groups is 1. The normalized spacial score (nSPS) is 13.9. The molecule has 1 aromatic rings. The molecule has 2 atom stereocenters. The highest BCUT2D eigenvalue weighted by Crippen LogP contribution is 2.23. The number of rotatable bonds is 6. The van der Waals surface area contributed by atoms with Crippen molar-refractivity contribution < 1.29 is 13.2 Å². The van der Waals surface area contributed by atoms with Crippen molar-refractivity contribution in [2.45, 2.75) is 38.1 Å². The molecule has 0 saturated carbocycles. The first-order chi connectivity index (χ1) is 9.74. The second-order valence-corrected chi connectivity index (χ2v) is 6.89. The van der Waals surface area contributed by atoms with Crippen LogP contribution in [0.5, 0.6) is 0 Å². The van der Waals surface area contributed by atoms with E-state index in [0.29, 0.717) is 11.3 Å². The second-order valence-electron chi connectivity index (χ2n) is 5.04. The van der Waals surface area contributed by atoms with Crippen LogP contribution in [-0.2, 0) is 14.8 Å². The van der Waals surface area contributed by atoms with Crippen LogP contribution >= 0.6 is 12.4 Å². The minimum atomic E-state index is -3.56. The van der Waals surface area contributed by atoms with E-state index in [9.17, 15) is 13.2 Å². The Bertz CT molecular complexity index is 620. The fourth-order valence-corrected chi connectivity index (χ4v) is 2.87. The zero-order valence-electron chi connectivity index (χ0n) is 13.2. The van der Waals surface area contributed by atoms with Gasteiger partial charge in [0.25, 0.3) is 0 Å². The average Bonchev–Trinajstić information content (AvgIpc) is 2.47. The Morgan fingerprint density at radius 2 is 1.95 bits per heavy atom. The topological polar surface area (TPSA) is 101 Å². The molecule has 0 fully saturated rings. The van der Waals surface area contributed by atoms with Crippen LogP contribution in [0, 0.1) is 12.8 Å². The van der Waals surface area contributed by atoms with Crippen LogP contribution in [-0.4, -0.2) is 27.4 Å². The van der Waals surface area contributed by atoms with Gasteiger partial charge in [-0.2, -0.15) is 0 Å². The van der Waals surface area contributed by atoms with Crippen LogP contribution in [0.25, 0.3) is 0 Å². The molecule has 0 aliphatic rings. The highest BCUT2D eigenvalue weighted by Gasteiger charge is 2.22. The van der Waals surface area contributed by atoms with E-state index in [2.05, 4.69) is 10.0 Å². The standard InChI is InChI=1S/C14H23N3O3S.ClH/c1-5-9(2)13(15)14(18)17-11-7-6-8-12(10(11)3)21(19,20)16-4;/h6-9,13,16H,5,15H2,1-4H3,(H,17,18);1H. The number of anilines is 1. The summed E-state index contributed by atoms with van der Waals surface area (Å²) in [6, 6.07) is 4.11. The second kappa shape index (κ2) is 8.47. The molecular weight excluding hydrogens is 326 g/mol. The molecule has 0 aliphatic heterocycles. The molecule has 22 heavy (non-hydrogen) atoms. The van der Waals surface area contributed by atoms with E-state index in [4.69, 9.17) is 5.73 Å². The Hall–Kier alpha value is -1.15. The number of halogens is 1. The minimum absolute atomic E-state index is 0. The van der Waals surface area contributed by atoms with Crippen molar-refractivity contribution in [3.05, 3.63) is 23.8 Å². The number of nitrogens with one attached hydrogen (secondary N) is 2. The Labute approximate surface area is 138 Å². The first kappa shape index (κ1) is 20.9. The maximum absolute atomic E-state index is 12.1. The number of hydrogen-bond acceptors (Lipinski definition) is 4. The third-order valence-corrected chi connectivity index (χ3v) is 5.22. The first-order valence-electron chi connectivity index (χ1n) is 6.84. The molecule has 1 rings (SSSR count). The molecule has 0 aromatic heterocycles. The number of hydrogen-bond donors (Lipinski definition) is 3. The summed E-state index contributed by atoms with van der Waals surface area (Å²) in [7, 11) is -2.21. The maximum Gasteiger partial charge on any atom is 0.241 e. The summed E-state index contributed by atoms with van der Waals surface area (Å²) >= 11 is 0. The summed E-state index contributed by atoms with van der Waals surface area (Å²) in [5.41, 5.74) is 6.81. The molecule has 0 radical (unpaired) electrons. The third kappa shape index (κ3) is 4.67. The smallest absolute Gasteiger partial charge is 0.241 e. The predicted molar refractivity (Wildman–Crippen MR) is 90.7 cm³/mol. The van der Waals surface area contributed by atoms with E-state index in [1.807, 2.05) is 13.8 Å². The molecular formula is C14H24ClN3O3S. The van der Waals surface area contributed by atoms with Crippen molar-refractivity contribution in [1.29, 1.82) is 0 Å². The van der Waals surface area contributed by atoms with E-state index in [1.54, 1.807) is 19.1 Å². The van der Waals surface area contributed by atoms with Gasteiger partial charge in [0.15, 0.2) is 0 Å². The molecule has 0 aliphatic carbocycles. The highest BCUT2D eigenvalue weighted by molar-refractivity contribution is 7.89. The summed E-state index contributed by atoms with van der Waals surface area (Å²) in [5, 5.41) is 2.71. The predicted octanol–water partition coefficient (Wildman–Crippen LogP) is 1.64. The molecule has 4 N–H and O–H groups in total. The zero-order valence-corrected chi connectivity index (χ0v) is 14.8. The summed E-state index contributed by atoms with van der Waals surface area (Å²) in [6.45, 7) is 5.51. The molecule has 126 valence electrons. The van der Waals surface area contributed by atoms with Gasteiger partial charge in [0.2, 0.25) is 15.9 Å². The van der Waals surface area contributed by atoms with Gasteiger partial charge in [-0.3, -0.25) is 4.79 Å². The zero-order chi connectivity index (χ0) is 16.2. The van der Waals surface area contributed by atoms with Crippen molar-refractivity contribution >= 4 is 34.0 Å². The molecule has 6 nitrogen and oxygen atoms in total. The van der Waals surface area contributed by atoms with Crippen molar-refractivity contribution in [3.8, 4) is 0 Å². The number of benzene rings is 1. The number of sulfonamides is 1. The lowest BCUT2D eigenvalue weighted by Gasteiger charge is -2.19. The largest absolute Gasteiger partial charge is 0.324 e. The Balaban J connectivity index is 0.00000441. The third-order valence-electron chi connectivity index (χ3n) is 3.66. The SMILES string of the molecule is CCC(C)C(N)C(=O)Nc1cccc(S(=O)(=O)NC)c1C.Cl. The lowest BCUT2D eigenvalue weighted by molar-refractivity contribution is -0.118. The van der Waals surface area contributed by atoms with Crippen molar-refractivity contribution in [3.63, 3.8) is 0 Å². The molecule has 0 bridgehead atoms. The van der Waals surface area contributed by atoms with Gasteiger partial charge in [0, 0.05) is 5.69 Å². The van der Waals surface area contributed by atoms with E-state index in [-0.39, 0.29) is 29.1 Å². The number of nitrogens with two attached hydrogens (primary N) is 1. The van der Waals surface area contributed by atoms with Crippen LogP contribution in [0.1, 0.15) is 25.8 Å². The summed E-state index contributed by atoms with van der Waals surface area (Å²) in [5.74, 6) is -0.263.